The third-order valence-corrected chi connectivity index (χ3v) is 2.66. The monoisotopic (exact) mass is 220 g/mol. The van der Waals surface area contributed by atoms with Crippen molar-refractivity contribution in [1.82, 2.24) is 4.98 Å². The maximum Gasteiger partial charge on any atom is 0.413 e. The molecular formula is C11H12N2O3. The molecule has 0 saturated heterocycles. The van der Waals surface area contributed by atoms with Crippen molar-refractivity contribution >= 4 is 18.2 Å². The number of aryl methyl sites for hydroxylation is 1. The average Bonchev–Trinajstić information content (AvgIpc) is 2.49. The number of aldehydes is 1. The highest BCUT2D eigenvalue weighted by atomic mass is 16.4. The average molecular weight is 220 g/mol. The van der Waals surface area contributed by atoms with Crippen LogP contribution in [0.2, 0.25) is 0 Å². The molecule has 0 atom stereocenters. The van der Waals surface area contributed by atoms with Crippen LogP contribution in [0.25, 0.3) is 0 Å². The first-order valence-electron chi connectivity index (χ1n) is 5.18. The minimum atomic E-state index is -1.02. The summed E-state index contributed by atoms with van der Waals surface area (Å²) >= 11 is 0. The van der Waals surface area contributed by atoms with Gasteiger partial charge in [0, 0.05) is 6.54 Å². The molecule has 0 aliphatic carbocycles. The number of nitrogens with zero attached hydrogens (tertiary/aromatic N) is 2. The largest absolute Gasteiger partial charge is 0.465 e. The summed E-state index contributed by atoms with van der Waals surface area (Å²) in [5.41, 5.74) is 1.16. The van der Waals surface area contributed by atoms with Crippen LogP contribution >= 0.6 is 0 Å². The summed E-state index contributed by atoms with van der Waals surface area (Å²) in [6.45, 7) is 0.442. The van der Waals surface area contributed by atoms with Crippen molar-refractivity contribution < 1.29 is 14.7 Å². The van der Waals surface area contributed by atoms with Gasteiger partial charge in [0.1, 0.15) is 11.5 Å². The van der Waals surface area contributed by atoms with Crippen LogP contribution in [0.4, 0.5) is 10.6 Å². The molecule has 5 heteroatoms. The number of rotatable bonds is 1. The lowest BCUT2D eigenvalue weighted by Crippen LogP contribution is -2.31. The lowest BCUT2D eigenvalue weighted by atomic mass is 10.1. The quantitative estimate of drug-likeness (QED) is 0.731. The highest BCUT2D eigenvalue weighted by molar-refractivity contribution is 5.86. The molecule has 0 radical (unpaired) electrons. The fraction of sp³-hybridized carbons (Fsp3) is 0.364. The second-order valence-corrected chi connectivity index (χ2v) is 3.73. The SMILES string of the molecule is O=Cc1ccc2c(n1)N(C(=O)O)CCCC2. The predicted octanol–water partition coefficient (Wildman–Crippen LogP) is 1.71. The zero-order valence-corrected chi connectivity index (χ0v) is 8.72. The van der Waals surface area contributed by atoms with E-state index < -0.39 is 6.09 Å². The Bertz CT molecular complexity index is 431. The molecule has 2 heterocycles. The summed E-state index contributed by atoms with van der Waals surface area (Å²) < 4.78 is 0. The van der Waals surface area contributed by atoms with Crippen LogP contribution in [0, 0.1) is 0 Å². The lowest BCUT2D eigenvalue weighted by Gasteiger charge is -2.17. The highest BCUT2D eigenvalue weighted by Crippen LogP contribution is 2.24. The molecule has 0 aromatic carbocycles. The Morgan fingerprint density at radius 1 is 1.44 bits per heavy atom. The van der Waals surface area contributed by atoms with Crippen molar-refractivity contribution in [2.75, 3.05) is 11.4 Å². The number of hydrogen-bond donors (Lipinski definition) is 1. The van der Waals surface area contributed by atoms with Crippen LogP contribution in [-0.4, -0.2) is 29.0 Å². The molecule has 2 rings (SSSR count). The molecule has 0 bridgehead atoms. The summed E-state index contributed by atoms with van der Waals surface area (Å²) in [5.74, 6) is 0.412. The number of carboxylic acid groups (broad SMARTS) is 1. The molecule has 0 unspecified atom stereocenters. The third kappa shape index (κ3) is 1.88. The molecule has 84 valence electrons. The van der Waals surface area contributed by atoms with Crippen molar-refractivity contribution in [3.8, 4) is 0 Å². The van der Waals surface area contributed by atoms with Crippen LogP contribution in [-0.2, 0) is 6.42 Å². The fourth-order valence-corrected chi connectivity index (χ4v) is 1.86. The van der Waals surface area contributed by atoms with E-state index in [1.165, 1.54) is 4.90 Å². The fourth-order valence-electron chi connectivity index (χ4n) is 1.86. The van der Waals surface area contributed by atoms with Gasteiger partial charge in [-0.05, 0) is 30.9 Å². The van der Waals surface area contributed by atoms with Crippen LogP contribution in [0.3, 0.4) is 0 Å². The number of carbonyl (C=O) groups is 2. The summed E-state index contributed by atoms with van der Waals surface area (Å²) in [5, 5.41) is 9.07. The Labute approximate surface area is 92.7 Å². The van der Waals surface area contributed by atoms with Crippen molar-refractivity contribution in [2.24, 2.45) is 0 Å². The van der Waals surface area contributed by atoms with Crippen LogP contribution in [0.5, 0.6) is 0 Å². The van der Waals surface area contributed by atoms with Crippen molar-refractivity contribution in [3.05, 3.63) is 23.4 Å². The van der Waals surface area contributed by atoms with Gasteiger partial charge in [0.2, 0.25) is 0 Å². The Balaban J connectivity index is 2.48. The summed E-state index contributed by atoms with van der Waals surface area (Å²) in [6.07, 6.45) is 2.19. The number of fused-ring (bicyclic) bond motifs is 1. The van der Waals surface area contributed by atoms with Gasteiger partial charge >= 0.3 is 6.09 Å². The molecule has 0 fully saturated rings. The Hall–Kier alpha value is -1.91. The number of hydrogen-bond acceptors (Lipinski definition) is 3. The zero-order valence-electron chi connectivity index (χ0n) is 8.72. The second-order valence-electron chi connectivity index (χ2n) is 3.73. The van der Waals surface area contributed by atoms with Gasteiger partial charge < -0.3 is 5.11 Å². The number of pyridine rings is 1. The first-order chi connectivity index (χ1) is 7.72. The van der Waals surface area contributed by atoms with E-state index in [0.29, 0.717) is 18.6 Å². The van der Waals surface area contributed by atoms with E-state index in [2.05, 4.69) is 4.98 Å². The van der Waals surface area contributed by atoms with Crippen LogP contribution < -0.4 is 4.90 Å². The number of aromatic nitrogens is 1. The van der Waals surface area contributed by atoms with Gasteiger partial charge in [-0.2, -0.15) is 0 Å². The minimum Gasteiger partial charge on any atom is -0.465 e. The molecule has 1 aromatic rings. The summed E-state index contributed by atoms with van der Waals surface area (Å²) in [6, 6.07) is 3.41. The van der Waals surface area contributed by atoms with E-state index >= 15 is 0 Å². The molecule has 1 aliphatic heterocycles. The Kier molecular flexibility index (Phi) is 2.85. The van der Waals surface area contributed by atoms with Gasteiger partial charge in [0.25, 0.3) is 0 Å². The molecule has 5 nitrogen and oxygen atoms in total. The Morgan fingerprint density at radius 3 is 2.94 bits per heavy atom. The molecule has 1 N–H and O–H groups in total. The zero-order chi connectivity index (χ0) is 11.5. The van der Waals surface area contributed by atoms with Gasteiger partial charge in [0.15, 0.2) is 6.29 Å². The third-order valence-electron chi connectivity index (χ3n) is 2.66. The summed E-state index contributed by atoms with van der Waals surface area (Å²) in [7, 11) is 0. The van der Waals surface area contributed by atoms with Crippen LogP contribution in [0.15, 0.2) is 12.1 Å². The standard InChI is InChI=1S/C11H12N2O3/c14-7-9-5-4-8-3-1-2-6-13(11(15)16)10(8)12-9/h4-5,7H,1-3,6H2,(H,15,16). The second kappa shape index (κ2) is 4.30. The van der Waals surface area contributed by atoms with E-state index in [-0.39, 0.29) is 5.69 Å². The minimum absolute atomic E-state index is 0.270. The number of anilines is 1. The van der Waals surface area contributed by atoms with E-state index in [1.54, 1.807) is 12.1 Å². The normalized spacial score (nSPS) is 15.1. The highest BCUT2D eigenvalue weighted by Gasteiger charge is 2.22. The van der Waals surface area contributed by atoms with Gasteiger partial charge in [-0.25, -0.2) is 9.78 Å². The topological polar surface area (TPSA) is 70.5 Å². The van der Waals surface area contributed by atoms with Gasteiger partial charge in [0.05, 0.1) is 0 Å². The number of amides is 1. The van der Waals surface area contributed by atoms with Gasteiger partial charge in [-0.3, -0.25) is 9.69 Å². The Morgan fingerprint density at radius 2 is 2.25 bits per heavy atom. The maximum absolute atomic E-state index is 11.1. The van der Waals surface area contributed by atoms with E-state index in [1.807, 2.05) is 0 Å². The summed E-state index contributed by atoms with van der Waals surface area (Å²) in [4.78, 5) is 27.0. The molecule has 1 aliphatic rings. The van der Waals surface area contributed by atoms with Crippen molar-refractivity contribution in [1.29, 1.82) is 0 Å². The first kappa shape index (κ1) is 10.6. The van der Waals surface area contributed by atoms with Gasteiger partial charge in [-0.15, -0.1) is 0 Å². The van der Waals surface area contributed by atoms with Crippen molar-refractivity contribution in [3.63, 3.8) is 0 Å². The van der Waals surface area contributed by atoms with E-state index in [9.17, 15) is 9.59 Å². The van der Waals surface area contributed by atoms with E-state index in [0.717, 1.165) is 24.8 Å². The maximum atomic E-state index is 11.1. The lowest BCUT2D eigenvalue weighted by molar-refractivity contribution is 0.111. The predicted molar refractivity (Wildman–Crippen MR) is 57.9 cm³/mol. The molecule has 1 amide bonds. The van der Waals surface area contributed by atoms with Gasteiger partial charge in [-0.1, -0.05) is 6.07 Å². The molecule has 1 aromatic heterocycles. The number of carbonyl (C=O) groups excluding carboxylic acids is 1. The van der Waals surface area contributed by atoms with Crippen LogP contribution in [0.1, 0.15) is 28.9 Å². The molecule has 16 heavy (non-hydrogen) atoms. The molecule has 0 spiro atoms. The van der Waals surface area contributed by atoms with E-state index in [4.69, 9.17) is 5.11 Å². The molecular weight excluding hydrogens is 208 g/mol. The first-order valence-corrected chi connectivity index (χ1v) is 5.18. The van der Waals surface area contributed by atoms with Crippen molar-refractivity contribution in [2.45, 2.75) is 19.3 Å². The molecule has 0 saturated carbocycles. The smallest absolute Gasteiger partial charge is 0.413 e.